The van der Waals surface area contributed by atoms with Crippen LogP contribution in [-0.2, 0) is 11.2 Å². The predicted molar refractivity (Wildman–Crippen MR) is 110 cm³/mol. The molecule has 1 aromatic heterocycles. The molecule has 1 aliphatic carbocycles. The molecular weight excluding hydrogens is 339 g/mol. The lowest BCUT2D eigenvalue weighted by atomic mass is 10.0. The Morgan fingerprint density at radius 1 is 1.19 bits per heavy atom. The average Bonchev–Trinajstić information content (AvgIpc) is 2.87. The molecule has 0 bridgehead atoms. The number of fused-ring (bicyclic) bond motifs is 1. The van der Waals surface area contributed by atoms with Crippen LogP contribution >= 0.6 is 0 Å². The zero-order valence-electron chi connectivity index (χ0n) is 15.8. The average molecular weight is 366 g/mol. The molecular formula is C23H27FN2O. The van der Waals surface area contributed by atoms with Crippen molar-refractivity contribution in [2.45, 2.75) is 45.2 Å². The van der Waals surface area contributed by atoms with Crippen molar-refractivity contribution >= 4 is 22.4 Å². The molecule has 1 aliphatic rings. The molecule has 0 fully saturated rings. The third-order valence-electron chi connectivity index (χ3n) is 4.82. The van der Waals surface area contributed by atoms with Crippen LogP contribution in [-0.4, -0.2) is 23.6 Å². The van der Waals surface area contributed by atoms with Crippen molar-refractivity contribution in [3.05, 3.63) is 65.9 Å². The van der Waals surface area contributed by atoms with E-state index in [9.17, 15) is 9.18 Å². The van der Waals surface area contributed by atoms with Crippen molar-refractivity contribution in [1.82, 2.24) is 10.3 Å². The summed E-state index contributed by atoms with van der Waals surface area (Å²) in [6, 6.07) is 7.96. The first-order chi connectivity index (χ1) is 13.2. The number of nitrogens with one attached hydrogen (secondary N) is 2. The zero-order valence-corrected chi connectivity index (χ0v) is 15.8. The Kier molecular flexibility index (Phi) is 6.64. The third-order valence-corrected chi connectivity index (χ3v) is 4.82. The van der Waals surface area contributed by atoms with E-state index in [-0.39, 0.29) is 5.91 Å². The van der Waals surface area contributed by atoms with Crippen molar-refractivity contribution in [1.29, 1.82) is 0 Å². The summed E-state index contributed by atoms with van der Waals surface area (Å²) in [6.07, 6.45) is 12.2. The number of allylic oxidation sites excluding steroid dienone is 6. The summed E-state index contributed by atoms with van der Waals surface area (Å²) in [5.41, 5.74) is 3.71. The van der Waals surface area contributed by atoms with Gasteiger partial charge in [0.05, 0.1) is 12.1 Å². The van der Waals surface area contributed by atoms with Gasteiger partial charge < -0.3 is 10.3 Å². The first-order valence-electron chi connectivity index (χ1n) is 9.76. The minimum absolute atomic E-state index is 0.0228. The van der Waals surface area contributed by atoms with Crippen LogP contribution in [0.3, 0.4) is 0 Å². The molecule has 1 atom stereocenters. The van der Waals surface area contributed by atoms with Crippen LogP contribution in [0.15, 0.2) is 54.6 Å². The molecule has 4 heteroatoms. The molecule has 0 aliphatic heterocycles. The van der Waals surface area contributed by atoms with Crippen molar-refractivity contribution < 1.29 is 9.18 Å². The van der Waals surface area contributed by atoms with E-state index in [0.29, 0.717) is 13.0 Å². The highest BCUT2D eigenvalue weighted by molar-refractivity contribution is 5.95. The highest BCUT2D eigenvalue weighted by Crippen LogP contribution is 2.29. The summed E-state index contributed by atoms with van der Waals surface area (Å²) in [4.78, 5) is 15.9. The van der Waals surface area contributed by atoms with E-state index >= 15 is 0 Å². The summed E-state index contributed by atoms with van der Waals surface area (Å²) in [5, 5.41) is 4.06. The second-order valence-electron chi connectivity index (χ2n) is 6.92. The van der Waals surface area contributed by atoms with Crippen LogP contribution in [0.2, 0.25) is 0 Å². The van der Waals surface area contributed by atoms with Crippen LogP contribution in [0.25, 0.3) is 16.5 Å². The summed E-state index contributed by atoms with van der Waals surface area (Å²) >= 11 is 0. The maximum atomic E-state index is 13.6. The number of hydrogen-bond acceptors (Lipinski definition) is 1. The van der Waals surface area contributed by atoms with E-state index in [0.717, 1.165) is 40.6 Å². The molecule has 27 heavy (non-hydrogen) atoms. The maximum Gasteiger partial charge on any atom is 0.224 e. The molecule has 1 heterocycles. The number of alkyl halides is 1. The minimum Gasteiger partial charge on any atom is -0.356 e. The quantitative estimate of drug-likeness (QED) is 0.616. The number of amides is 1. The van der Waals surface area contributed by atoms with Crippen molar-refractivity contribution in [2.24, 2.45) is 0 Å². The highest BCUT2D eigenvalue weighted by Gasteiger charge is 2.17. The highest BCUT2D eigenvalue weighted by atomic mass is 19.1. The number of H-pyrrole nitrogens is 1. The van der Waals surface area contributed by atoms with E-state index in [1.807, 2.05) is 30.3 Å². The van der Waals surface area contributed by atoms with E-state index in [2.05, 4.69) is 17.2 Å². The number of para-hydroxylation sites is 1. The fourth-order valence-electron chi connectivity index (χ4n) is 3.38. The molecule has 1 aromatic carbocycles. The van der Waals surface area contributed by atoms with E-state index in [1.54, 1.807) is 12.2 Å². The van der Waals surface area contributed by atoms with E-state index in [4.69, 9.17) is 0 Å². The van der Waals surface area contributed by atoms with Gasteiger partial charge in [0.25, 0.3) is 0 Å². The van der Waals surface area contributed by atoms with Gasteiger partial charge in [0.2, 0.25) is 5.91 Å². The van der Waals surface area contributed by atoms with Gasteiger partial charge >= 0.3 is 0 Å². The Morgan fingerprint density at radius 2 is 2.04 bits per heavy atom. The molecule has 1 unspecified atom stereocenters. The van der Waals surface area contributed by atoms with Crippen molar-refractivity contribution in [3.8, 4) is 0 Å². The van der Waals surface area contributed by atoms with Crippen LogP contribution < -0.4 is 5.32 Å². The lowest BCUT2D eigenvalue weighted by Gasteiger charge is -2.08. The lowest BCUT2D eigenvalue weighted by Crippen LogP contribution is -2.26. The normalized spacial score (nSPS) is 16.4. The Labute approximate surface area is 160 Å². The van der Waals surface area contributed by atoms with Gasteiger partial charge in [-0.15, -0.1) is 0 Å². The second-order valence-corrected chi connectivity index (χ2v) is 6.92. The summed E-state index contributed by atoms with van der Waals surface area (Å²) in [7, 11) is 0. The molecule has 0 spiro atoms. The number of aromatic nitrogens is 1. The van der Waals surface area contributed by atoms with Crippen LogP contribution in [0, 0.1) is 0 Å². The number of benzene rings is 1. The molecule has 3 nitrogen and oxygen atoms in total. The van der Waals surface area contributed by atoms with Gasteiger partial charge in [-0.25, -0.2) is 4.39 Å². The minimum atomic E-state index is -1.09. The molecule has 2 N–H and O–H groups in total. The number of halogens is 1. The first-order valence-corrected chi connectivity index (χ1v) is 9.76. The zero-order chi connectivity index (χ0) is 19.1. The lowest BCUT2D eigenvalue weighted by molar-refractivity contribution is -0.120. The topological polar surface area (TPSA) is 44.9 Å². The van der Waals surface area contributed by atoms with Crippen LogP contribution in [0.5, 0.6) is 0 Å². The van der Waals surface area contributed by atoms with Gasteiger partial charge in [-0.1, -0.05) is 62.6 Å². The van der Waals surface area contributed by atoms with Gasteiger partial charge in [-0.2, -0.15) is 0 Å². The van der Waals surface area contributed by atoms with Gasteiger partial charge in [0, 0.05) is 17.4 Å². The molecule has 2 aromatic rings. The van der Waals surface area contributed by atoms with Gasteiger partial charge in [-0.3, -0.25) is 4.79 Å². The first kappa shape index (κ1) is 19.2. The summed E-state index contributed by atoms with van der Waals surface area (Å²) < 4.78 is 13.6. The number of hydrogen-bond donors (Lipinski definition) is 2. The molecule has 0 saturated carbocycles. The Hall–Kier alpha value is -2.62. The maximum absolute atomic E-state index is 13.6. The Balaban J connectivity index is 1.81. The second kappa shape index (κ2) is 9.36. The Morgan fingerprint density at radius 3 is 2.89 bits per heavy atom. The smallest absolute Gasteiger partial charge is 0.224 e. The summed E-state index contributed by atoms with van der Waals surface area (Å²) in [5.74, 6) is 0.0228. The molecule has 1 amide bonds. The molecule has 0 radical (unpaired) electrons. The fraction of sp³-hybridized carbons (Fsp3) is 0.348. The summed E-state index contributed by atoms with van der Waals surface area (Å²) in [6.45, 7) is 2.89. The molecule has 142 valence electrons. The van der Waals surface area contributed by atoms with E-state index < -0.39 is 6.17 Å². The van der Waals surface area contributed by atoms with Crippen molar-refractivity contribution in [3.63, 3.8) is 0 Å². The Bertz CT molecular complexity index is 876. The van der Waals surface area contributed by atoms with Gasteiger partial charge in [0.1, 0.15) is 6.17 Å². The predicted octanol–water partition coefficient (Wildman–Crippen LogP) is 5.25. The standard InChI is InChI=1S/C23H27FN2O/c1-2-3-4-7-15-25-22(27)16-20-19-11-5-6-12-21(19)26-23(20)17-9-8-10-18(24)14-13-17/h5-6,8-14,18,26H,2-4,7,15-16H2,1H3,(H,25,27). The SMILES string of the molecule is CCCCCCNC(=O)Cc1c(C2=CC=CC(F)C=C2)[nH]c2ccccc12. The monoisotopic (exact) mass is 366 g/mol. The number of carbonyl (C=O) groups is 1. The number of unbranched alkanes of at least 4 members (excludes halogenated alkanes) is 3. The van der Waals surface area contributed by atoms with Gasteiger partial charge in [-0.05, 0) is 35.8 Å². The fourth-order valence-corrected chi connectivity index (χ4v) is 3.38. The van der Waals surface area contributed by atoms with Crippen LogP contribution in [0.1, 0.15) is 43.9 Å². The molecule has 0 saturated heterocycles. The largest absolute Gasteiger partial charge is 0.356 e. The molecule has 3 rings (SSSR count). The third kappa shape index (κ3) is 4.97. The van der Waals surface area contributed by atoms with Crippen LogP contribution in [0.4, 0.5) is 4.39 Å². The number of carbonyl (C=O) groups excluding carboxylic acids is 1. The number of aromatic amines is 1. The van der Waals surface area contributed by atoms with Crippen molar-refractivity contribution in [2.75, 3.05) is 6.54 Å². The van der Waals surface area contributed by atoms with Gasteiger partial charge in [0.15, 0.2) is 0 Å². The van der Waals surface area contributed by atoms with E-state index in [1.165, 1.54) is 25.0 Å². The number of rotatable bonds is 8.